The van der Waals surface area contributed by atoms with E-state index < -0.39 is 0 Å². The number of benzene rings is 1. The molecule has 0 radical (unpaired) electrons. The Hall–Kier alpha value is -2.99. The van der Waals surface area contributed by atoms with Crippen LogP contribution >= 0.6 is 11.6 Å². The van der Waals surface area contributed by atoms with E-state index in [-0.39, 0.29) is 5.91 Å². The van der Waals surface area contributed by atoms with Crippen LogP contribution in [0.4, 0.5) is 0 Å². The number of hydrogen-bond acceptors (Lipinski definition) is 4. The second-order valence-corrected chi connectivity index (χ2v) is 6.29. The van der Waals surface area contributed by atoms with E-state index in [4.69, 9.17) is 11.6 Å². The summed E-state index contributed by atoms with van der Waals surface area (Å²) in [5.74, 6) is -0.343. The van der Waals surface area contributed by atoms with Crippen LogP contribution in [0.3, 0.4) is 0 Å². The fraction of sp³-hybridized carbons (Fsp3) is 0.158. The van der Waals surface area contributed by atoms with Gasteiger partial charge in [-0.05, 0) is 50.1 Å². The molecule has 0 aliphatic rings. The summed E-state index contributed by atoms with van der Waals surface area (Å²) in [7, 11) is 0. The van der Waals surface area contributed by atoms with Crippen LogP contribution in [0.5, 0.6) is 0 Å². The maximum atomic E-state index is 12.0. The predicted octanol–water partition coefficient (Wildman–Crippen LogP) is 3.61. The molecule has 0 aliphatic carbocycles. The van der Waals surface area contributed by atoms with Crippen LogP contribution in [0.2, 0.25) is 5.15 Å². The van der Waals surface area contributed by atoms with Crippen molar-refractivity contribution in [3.8, 4) is 5.69 Å². The summed E-state index contributed by atoms with van der Waals surface area (Å²) in [6, 6.07) is 9.45. The minimum atomic E-state index is -0.343. The number of nitrogens with zero attached hydrogens (tertiary/aromatic N) is 4. The lowest BCUT2D eigenvalue weighted by Crippen LogP contribution is -2.17. The summed E-state index contributed by atoms with van der Waals surface area (Å²) in [6.45, 7) is 5.87. The average Bonchev–Trinajstić information content (AvgIpc) is 2.92. The van der Waals surface area contributed by atoms with Gasteiger partial charge < -0.3 is 0 Å². The molecular weight excluding hydrogens is 350 g/mol. The van der Waals surface area contributed by atoms with Crippen molar-refractivity contribution in [2.24, 2.45) is 5.10 Å². The van der Waals surface area contributed by atoms with Crippen molar-refractivity contribution in [1.82, 2.24) is 20.2 Å². The second kappa shape index (κ2) is 7.49. The average molecular weight is 368 g/mol. The van der Waals surface area contributed by atoms with Crippen LogP contribution in [0, 0.1) is 20.8 Å². The highest BCUT2D eigenvalue weighted by molar-refractivity contribution is 6.32. The Kier molecular flexibility index (Phi) is 5.14. The van der Waals surface area contributed by atoms with Gasteiger partial charge in [-0.1, -0.05) is 23.7 Å². The third kappa shape index (κ3) is 3.65. The van der Waals surface area contributed by atoms with E-state index in [2.05, 4.69) is 20.6 Å². The largest absolute Gasteiger partial charge is 0.272 e. The molecule has 26 heavy (non-hydrogen) atoms. The molecule has 1 amide bonds. The van der Waals surface area contributed by atoms with Crippen LogP contribution in [0.25, 0.3) is 5.69 Å². The SMILES string of the molecule is Cc1ccc(C)c(-n2nc(C)c(/C=N\NC(=O)c3cccnc3)c2Cl)c1. The number of aromatic nitrogens is 3. The molecule has 6 nitrogen and oxygen atoms in total. The predicted molar refractivity (Wildman–Crippen MR) is 102 cm³/mol. The molecule has 1 aromatic carbocycles. The molecule has 3 rings (SSSR count). The van der Waals surface area contributed by atoms with Crippen molar-refractivity contribution in [2.45, 2.75) is 20.8 Å². The van der Waals surface area contributed by atoms with Crippen molar-refractivity contribution < 1.29 is 4.79 Å². The van der Waals surface area contributed by atoms with Crippen molar-refractivity contribution in [3.63, 3.8) is 0 Å². The number of aryl methyl sites for hydroxylation is 3. The van der Waals surface area contributed by atoms with Gasteiger partial charge >= 0.3 is 0 Å². The first-order valence-corrected chi connectivity index (χ1v) is 8.41. The van der Waals surface area contributed by atoms with E-state index in [0.717, 1.165) is 22.5 Å². The third-order valence-electron chi connectivity index (χ3n) is 3.92. The maximum absolute atomic E-state index is 12.0. The van der Waals surface area contributed by atoms with E-state index in [1.165, 1.54) is 12.4 Å². The molecule has 132 valence electrons. The monoisotopic (exact) mass is 367 g/mol. The summed E-state index contributed by atoms with van der Waals surface area (Å²) in [5.41, 5.74) is 7.36. The van der Waals surface area contributed by atoms with Gasteiger partial charge in [-0.3, -0.25) is 9.78 Å². The lowest BCUT2D eigenvalue weighted by atomic mass is 10.1. The van der Waals surface area contributed by atoms with Gasteiger partial charge in [-0.15, -0.1) is 0 Å². The Bertz CT molecular complexity index is 979. The maximum Gasteiger partial charge on any atom is 0.272 e. The summed E-state index contributed by atoms with van der Waals surface area (Å²) >= 11 is 6.51. The van der Waals surface area contributed by atoms with Gasteiger partial charge in [0.05, 0.1) is 28.7 Å². The molecular formula is C19H18ClN5O. The van der Waals surface area contributed by atoms with Gasteiger partial charge in [0.1, 0.15) is 5.15 Å². The molecule has 0 atom stereocenters. The zero-order chi connectivity index (χ0) is 18.7. The Morgan fingerprint density at radius 3 is 2.81 bits per heavy atom. The van der Waals surface area contributed by atoms with E-state index in [0.29, 0.717) is 16.3 Å². The summed E-state index contributed by atoms with van der Waals surface area (Å²) in [6.07, 6.45) is 4.58. The number of hydrazone groups is 1. The Morgan fingerprint density at radius 2 is 2.08 bits per heavy atom. The molecule has 7 heteroatoms. The van der Waals surface area contributed by atoms with E-state index in [9.17, 15) is 4.79 Å². The molecule has 1 N–H and O–H groups in total. The van der Waals surface area contributed by atoms with Crippen molar-refractivity contribution >= 4 is 23.7 Å². The van der Waals surface area contributed by atoms with E-state index in [1.807, 2.05) is 39.0 Å². The number of hydrogen-bond donors (Lipinski definition) is 1. The number of rotatable bonds is 4. The zero-order valence-electron chi connectivity index (χ0n) is 14.7. The molecule has 0 unspecified atom stereocenters. The minimum absolute atomic E-state index is 0.343. The molecule has 0 aliphatic heterocycles. The van der Waals surface area contributed by atoms with Gasteiger partial charge in [-0.25, -0.2) is 10.1 Å². The molecule has 0 fully saturated rings. The lowest BCUT2D eigenvalue weighted by Gasteiger charge is -2.08. The summed E-state index contributed by atoms with van der Waals surface area (Å²) in [5, 5.41) is 8.95. The lowest BCUT2D eigenvalue weighted by molar-refractivity contribution is 0.0955. The normalized spacial score (nSPS) is 11.1. The molecule has 0 spiro atoms. The second-order valence-electron chi connectivity index (χ2n) is 5.93. The van der Waals surface area contributed by atoms with Crippen molar-refractivity contribution in [1.29, 1.82) is 0 Å². The Balaban J connectivity index is 1.84. The van der Waals surface area contributed by atoms with Gasteiger partial charge in [-0.2, -0.15) is 10.2 Å². The first kappa shape index (κ1) is 17.8. The molecule has 2 aromatic heterocycles. The number of amides is 1. The van der Waals surface area contributed by atoms with Crippen molar-refractivity contribution in [2.75, 3.05) is 0 Å². The Morgan fingerprint density at radius 1 is 1.27 bits per heavy atom. The van der Waals surface area contributed by atoms with Gasteiger partial charge in [0.15, 0.2) is 0 Å². The fourth-order valence-electron chi connectivity index (χ4n) is 2.48. The van der Waals surface area contributed by atoms with Crippen LogP contribution < -0.4 is 5.43 Å². The van der Waals surface area contributed by atoms with E-state index >= 15 is 0 Å². The minimum Gasteiger partial charge on any atom is -0.267 e. The first-order valence-electron chi connectivity index (χ1n) is 8.03. The smallest absolute Gasteiger partial charge is 0.267 e. The fourth-order valence-corrected chi connectivity index (χ4v) is 2.80. The highest BCUT2D eigenvalue weighted by Crippen LogP contribution is 2.24. The molecule has 3 aromatic rings. The van der Waals surface area contributed by atoms with Crippen LogP contribution in [-0.2, 0) is 0 Å². The van der Waals surface area contributed by atoms with E-state index in [1.54, 1.807) is 23.0 Å². The third-order valence-corrected chi connectivity index (χ3v) is 4.29. The highest BCUT2D eigenvalue weighted by atomic mass is 35.5. The van der Waals surface area contributed by atoms with Crippen LogP contribution in [0.1, 0.15) is 32.7 Å². The number of halogens is 1. The van der Waals surface area contributed by atoms with Gasteiger partial charge in [0.25, 0.3) is 5.91 Å². The summed E-state index contributed by atoms with van der Waals surface area (Å²) in [4.78, 5) is 15.9. The molecule has 0 saturated carbocycles. The van der Waals surface area contributed by atoms with Gasteiger partial charge in [0, 0.05) is 12.4 Å². The first-order chi connectivity index (χ1) is 12.5. The molecule has 2 heterocycles. The topological polar surface area (TPSA) is 72.2 Å². The quantitative estimate of drug-likeness (QED) is 0.565. The van der Waals surface area contributed by atoms with Crippen LogP contribution in [-0.4, -0.2) is 26.9 Å². The molecule has 0 bridgehead atoms. The number of pyridine rings is 1. The van der Waals surface area contributed by atoms with Crippen LogP contribution in [0.15, 0.2) is 47.8 Å². The Labute approximate surface area is 156 Å². The molecule has 0 saturated heterocycles. The zero-order valence-corrected chi connectivity index (χ0v) is 15.4. The highest BCUT2D eigenvalue weighted by Gasteiger charge is 2.15. The van der Waals surface area contributed by atoms with Gasteiger partial charge in [0.2, 0.25) is 0 Å². The number of nitrogens with one attached hydrogen (secondary N) is 1. The number of carbonyl (C=O) groups is 1. The number of carbonyl (C=O) groups excluding carboxylic acids is 1. The standard InChI is InChI=1S/C19H18ClN5O/c1-12-6-7-13(2)17(9-12)25-18(20)16(14(3)24-25)11-22-23-19(26)15-5-4-8-21-10-15/h4-11H,1-3H3,(H,23,26)/b22-11-. The van der Waals surface area contributed by atoms with Crippen molar-refractivity contribution in [3.05, 3.63) is 75.8 Å². The summed E-state index contributed by atoms with van der Waals surface area (Å²) < 4.78 is 1.68.